The fraction of sp³-hybridized carbons (Fsp3) is 0. The zero-order valence-electron chi connectivity index (χ0n) is 27.5. The molecular weight excluding hydrogens is 623 g/mol. The van der Waals surface area contributed by atoms with Gasteiger partial charge in [-0.3, -0.25) is 0 Å². The number of para-hydroxylation sites is 1. The predicted octanol–water partition coefficient (Wildman–Crippen LogP) is 12.4. The standard InChI is InChI=1S/C47H29N3O/c1-3-14-31(15-4-1)35-25-27-39(38-20-10-9-19-37(35)38)46-48-45(32-16-5-2-6-17-32)49-47(50-46)41-28-26-36(34-24-23-30-13-7-8-18-33(30)29-34)44-43(41)40-21-11-12-22-42(40)51-44/h1-29H. The Morgan fingerprint density at radius 3 is 1.67 bits per heavy atom. The number of hydrogen-bond donors (Lipinski definition) is 0. The second kappa shape index (κ2) is 11.9. The molecule has 4 heteroatoms. The number of fused-ring (bicyclic) bond motifs is 5. The van der Waals surface area contributed by atoms with Gasteiger partial charge < -0.3 is 4.42 Å². The first-order chi connectivity index (χ1) is 25.3. The number of aromatic nitrogens is 3. The van der Waals surface area contributed by atoms with Crippen LogP contribution in [-0.4, -0.2) is 15.0 Å². The lowest BCUT2D eigenvalue weighted by Crippen LogP contribution is -2.01. The molecule has 0 unspecified atom stereocenters. The molecule has 2 heterocycles. The zero-order valence-corrected chi connectivity index (χ0v) is 27.5. The summed E-state index contributed by atoms with van der Waals surface area (Å²) in [7, 11) is 0. The van der Waals surface area contributed by atoms with Gasteiger partial charge in [-0.05, 0) is 68.6 Å². The molecule has 0 atom stereocenters. The molecule has 0 spiro atoms. The van der Waals surface area contributed by atoms with E-state index >= 15 is 0 Å². The Kier molecular flexibility index (Phi) is 6.78. The molecule has 4 nitrogen and oxygen atoms in total. The zero-order chi connectivity index (χ0) is 33.7. The van der Waals surface area contributed by atoms with Crippen LogP contribution in [0.5, 0.6) is 0 Å². The molecule has 0 aliphatic rings. The van der Waals surface area contributed by atoms with Crippen molar-refractivity contribution in [2.24, 2.45) is 0 Å². The summed E-state index contributed by atoms with van der Waals surface area (Å²) in [5, 5.41) is 6.62. The highest BCUT2D eigenvalue weighted by atomic mass is 16.3. The molecule has 0 radical (unpaired) electrons. The Labute approximate surface area is 294 Å². The quantitative estimate of drug-likeness (QED) is 0.186. The van der Waals surface area contributed by atoms with Gasteiger partial charge in [-0.15, -0.1) is 0 Å². The molecule has 0 aliphatic carbocycles. The predicted molar refractivity (Wildman–Crippen MR) is 209 cm³/mol. The van der Waals surface area contributed by atoms with E-state index in [1.807, 2.05) is 48.5 Å². The van der Waals surface area contributed by atoms with E-state index in [0.717, 1.165) is 60.5 Å². The van der Waals surface area contributed by atoms with Gasteiger partial charge in [0, 0.05) is 33.0 Å². The number of furan rings is 1. The number of rotatable bonds is 5. The number of nitrogens with zero attached hydrogens (tertiary/aromatic N) is 3. The summed E-state index contributed by atoms with van der Waals surface area (Å²) in [6.45, 7) is 0. The molecule has 0 saturated carbocycles. The highest BCUT2D eigenvalue weighted by Gasteiger charge is 2.21. The van der Waals surface area contributed by atoms with Gasteiger partial charge in [-0.25, -0.2) is 15.0 Å². The van der Waals surface area contributed by atoms with E-state index in [4.69, 9.17) is 19.4 Å². The molecule has 0 fully saturated rings. The summed E-state index contributed by atoms with van der Waals surface area (Å²) in [6.07, 6.45) is 0. The Bertz CT molecular complexity index is 2910. The molecule has 0 bridgehead atoms. The second-order valence-corrected chi connectivity index (χ2v) is 12.8. The SMILES string of the molecule is c1ccc(-c2nc(-c3ccc(-c4ccccc4)c4ccccc34)nc(-c3ccc(-c4ccc5ccccc5c4)c4oc5ccccc5c34)n2)cc1. The van der Waals surface area contributed by atoms with Gasteiger partial charge in [-0.1, -0.05) is 146 Å². The van der Waals surface area contributed by atoms with Crippen LogP contribution in [-0.2, 0) is 0 Å². The molecule has 2 aromatic heterocycles. The summed E-state index contributed by atoms with van der Waals surface area (Å²) in [5.74, 6) is 1.83. The van der Waals surface area contributed by atoms with Gasteiger partial charge in [0.1, 0.15) is 11.2 Å². The molecule has 0 aliphatic heterocycles. The molecule has 0 saturated heterocycles. The smallest absolute Gasteiger partial charge is 0.164 e. The van der Waals surface area contributed by atoms with Crippen molar-refractivity contribution in [3.05, 3.63) is 176 Å². The lowest BCUT2D eigenvalue weighted by atomic mass is 9.94. The Balaban J connectivity index is 1.23. The molecule has 10 aromatic rings. The Morgan fingerprint density at radius 2 is 0.882 bits per heavy atom. The largest absolute Gasteiger partial charge is 0.455 e. The Morgan fingerprint density at radius 1 is 0.333 bits per heavy atom. The van der Waals surface area contributed by atoms with E-state index in [0.29, 0.717) is 17.5 Å². The fourth-order valence-corrected chi connectivity index (χ4v) is 7.30. The summed E-state index contributed by atoms with van der Waals surface area (Å²) in [4.78, 5) is 15.6. The average Bonchev–Trinajstić information content (AvgIpc) is 3.60. The second-order valence-electron chi connectivity index (χ2n) is 12.8. The van der Waals surface area contributed by atoms with Gasteiger partial charge >= 0.3 is 0 Å². The minimum atomic E-state index is 0.594. The van der Waals surface area contributed by atoms with Crippen molar-refractivity contribution in [2.75, 3.05) is 0 Å². The van der Waals surface area contributed by atoms with Crippen LogP contribution >= 0.6 is 0 Å². The molecule has 238 valence electrons. The molecule has 10 rings (SSSR count). The lowest BCUT2D eigenvalue weighted by molar-refractivity contribution is 0.670. The monoisotopic (exact) mass is 651 g/mol. The van der Waals surface area contributed by atoms with E-state index in [-0.39, 0.29) is 0 Å². The first-order valence-corrected chi connectivity index (χ1v) is 17.1. The summed E-state index contributed by atoms with van der Waals surface area (Å²) in [5.41, 5.74) is 8.86. The van der Waals surface area contributed by atoms with Crippen molar-refractivity contribution in [3.8, 4) is 56.4 Å². The first-order valence-electron chi connectivity index (χ1n) is 17.1. The van der Waals surface area contributed by atoms with Gasteiger partial charge in [0.05, 0.1) is 0 Å². The van der Waals surface area contributed by atoms with Gasteiger partial charge in [0.15, 0.2) is 17.5 Å². The van der Waals surface area contributed by atoms with E-state index in [9.17, 15) is 0 Å². The molecule has 51 heavy (non-hydrogen) atoms. The third kappa shape index (κ3) is 4.96. The fourth-order valence-electron chi connectivity index (χ4n) is 7.30. The van der Waals surface area contributed by atoms with Crippen LogP contribution in [0.3, 0.4) is 0 Å². The van der Waals surface area contributed by atoms with Gasteiger partial charge in [0.25, 0.3) is 0 Å². The van der Waals surface area contributed by atoms with Crippen LogP contribution in [0.15, 0.2) is 180 Å². The van der Waals surface area contributed by atoms with Crippen molar-refractivity contribution in [1.29, 1.82) is 0 Å². The van der Waals surface area contributed by atoms with Crippen molar-refractivity contribution in [1.82, 2.24) is 15.0 Å². The number of hydrogen-bond acceptors (Lipinski definition) is 4. The Hall–Kier alpha value is -6.91. The maximum atomic E-state index is 6.68. The van der Waals surface area contributed by atoms with Crippen LogP contribution in [0.4, 0.5) is 0 Å². The lowest BCUT2D eigenvalue weighted by Gasteiger charge is -2.14. The van der Waals surface area contributed by atoms with E-state index in [1.54, 1.807) is 0 Å². The van der Waals surface area contributed by atoms with Crippen LogP contribution in [0, 0.1) is 0 Å². The molecular formula is C47H29N3O. The average molecular weight is 652 g/mol. The van der Waals surface area contributed by atoms with Crippen LogP contribution < -0.4 is 0 Å². The highest BCUT2D eigenvalue weighted by Crippen LogP contribution is 2.42. The summed E-state index contributed by atoms with van der Waals surface area (Å²) >= 11 is 0. The summed E-state index contributed by atoms with van der Waals surface area (Å²) < 4.78 is 6.68. The van der Waals surface area contributed by atoms with Gasteiger partial charge in [0.2, 0.25) is 0 Å². The first kappa shape index (κ1) is 29.0. The van der Waals surface area contributed by atoms with Crippen molar-refractivity contribution in [2.45, 2.75) is 0 Å². The normalized spacial score (nSPS) is 11.5. The minimum absolute atomic E-state index is 0.594. The molecule has 0 amide bonds. The van der Waals surface area contributed by atoms with Gasteiger partial charge in [-0.2, -0.15) is 0 Å². The van der Waals surface area contributed by atoms with Crippen molar-refractivity contribution in [3.63, 3.8) is 0 Å². The highest BCUT2D eigenvalue weighted by molar-refractivity contribution is 6.16. The third-order valence-corrected chi connectivity index (χ3v) is 9.74. The van der Waals surface area contributed by atoms with Crippen LogP contribution in [0.25, 0.3) is 99.9 Å². The maximum absolute atomic E-state index is 6.68. The van der Waals surface area contributed by atoms with Crippen LogP contribution in [0.2, 0.25) is 0 Å². The molecule has 0 N–H and O–H groups in total. The maximum Gasteiger partial charge on any atom is 0.164 e. The topological polar surface area (TPSA) is 51.8 Å². The van der Waals surface area contributed by atoms with Crippen molar-refractivity contribution >= 4 is 43.5 Å². The van der Waals surface area contributed by atoms with E-state index < -0.39 is 0 Å². The summed E-state index contributed by atoms with van der Waals surface area (Å²) in [6, 6.07) is 61.0. The van der Waals surface area contributed by atoms with E-state index in [1.165, 1.54) is 21.9 Å². The van der Waals surface area contributed by atoms with E-state index in [2.05, 4.69) is 127 Å². The minimum Gasteiger partial charge on any atom is -0.455 e. The molecule has 8 aromatic carbocycles. The number of benzene rings is 8. The van der Waals surface area contributed by atoms with Crippen molar-refractivity contribution < 1.29 is 4.42 Å². The third-order valence-electron chi connectivity index (χ3n) is 9.74. The van der Waals surface area contributed by atoms with Crippen LogP contribution in [0.1, 0.15) is 0 Å².